The maximum atomic E-state index is 12.1. The van der Waals surface area contributed by atoms with Crippen molar-refractivity contribution in [3.05, 3.63) is 35.9 Å². The SMILES string of the molecule is C[C@@H]1CC(OC(=O)[C@H](C)NC(=O)OCc2ccccc2)C[C@H](C)O1. The van der Waals surface area contributed by atoms with Crippen molar-refractivity contribution in [2.45, 2.75) is 64.6 Å². The first-order valence-corrected chi connectivity index (χ1v) is 8.27. The maximum absolute atomic E-state index is 12.1. The molecule has 1 aliphatic heterocycles. The highest BCUT2D eigenvalue weighted by Gasteiger charge is 2.29. The molecule has 0 aromatic heterocycles. The Kier molecular flexibility index (Phi) is 6.61. The predicted octanol–water partition coefficient (Wildman–Crippen LogP) is 2.80. The molecular formula is C18H25NO5. The minimum Gasteiger partial charge on any atom is -0.461 e. The van der Waals surface area contributed by atoms with Crippen LogP contribution in [0, 0.1) is 0 Å². The molecule has 4 atom stereocenters. The highest BCUT2D eigenvalue weighted by atomic mass is 16.6. The van der Waals surface area contributed by atoms with Crippen LogP contribution in [0.4, 0.5) is 4.79 Å². The lowest BCUT2D eigenvalue weighted by molar-refractivity contribution is -0.161. The fraction of sp³-hybridized carbons (Fsp3) is 0.556. The van der Waals surface area contributed by atoms with Crippen LogP contribution >= 0.6 is 0 Å². The molecule has 0 aliphatic carbocycles. The van der Waals surface area contributed by atoms with Gasteiger partial charge in [0.2, 0.25) is 0 Å². The Morgan fingerprint density at radius 1 is 1.21 bits per heavy atom. The van der Waals surface area contributed by atoms with Gasteiger partial charge < -0.3 is 19.5 Å². The van der Waals surface area contributed by atoms with Crippen molar-refractivity contribution in [2.75, 3.05) is 0 Å². The number of amides is 1. The van der Waals surface area contributed by atoms with E-state index in [4.69, 9.17) is 14.2 Å². The fourth-order valence-electron chi connectivity index (χ4n) is 2.71. The molecule has 1 aromatic carbocycles. The number of hydrogen-bond acceptors (Lipinski definition) is 5. The van der Waals surface area contributed by atoms with Crippen LogP contribution in [0.15, 0.2) is 30.3 Å². The number of carbonyl (C=O) groups is 2. The van der Waals surface area contributed by atoms with Crippen LogP contribution in [0.1, 0.15) is 39.2 Å². The van der Waals surface area contributed by atoms with Crippen molar-refractivity contribution >= 4 is 12.1 Å². The molecule has 1 N–H and O–H groups in total. The first-order valence-electron chi connectivity index (χ1n) is 8.27. The molecule has 2 rings (SSSR count). The van der Waals surface area contributed by atoms with Crippen LogP contribution in [0.2, 0.25) is 0 Å². The first kappa shape index (κ1) is 18.3. The van der Waals surface area contributed by atoms with Crippen LogP contribution in [0.3, 0.4) is 0 Å². The van der Waals surface area contributed by atoms with Crippen molar-refractivity contribution in [3.8, 4) is 0 Å². The zero-order chi connectivity index (χ0) is 17.5. The van der Waals surface area contributed by atoms with Crippen molar-refractivity contribution < 1.29 is 23.8 Å². The van der Waals surface area contributed by atoms with E-state index >= 15 is 0 Å². The van der Waals surface area contributed by atoms with E-state index in [0.29, 0.717) is 12.8 Å². The van der Waals surface area contributed by atoms with Gasteiger partial charge in [0.05, 0.1) is 12.2 Å². The average Bonchev–Trinajstić information content (AvgIpc) is 2.53. The van der Waals surface area contributed by atoms with Crippen molar-refractivity contribution in [1.29, 1.82) is 0 Å². The highest BCUT2D eigenvalue weighted by Crippen LogP contribution is 2.21. The van der Waals surface area contributed by atoms with Crippen LogP contribution in [-0.2, 0) is 25.6 Å². The Morgan fingerprint density at radius 2 is 1.83 bits per heavy atom. The summed E-state index contributed by atoms with van der Waals surface area (Å²) in [6.07, 6.45) is 0.636. The van der Waals surface area contributed by atoms with E-state index in [0.717, 1.165) is 5.56 Å². The van der Waals surface area contributed by atoms with Gasteiger partial charge in [0.1, 0.15) is 18.8 Å². The molecule has 1 aromatic rings. The van der Waals surface area contributed by atoms with E-state index in [9.17, 15) is 9.59 Å². The Morgan fingerprint density at radius 3 is 2.46 bits per heavy atom. The molecule has 24 heavy (non-hydrogen) atoms. The number of rotatable bonds is 5. The van der Waals surface area contributed by atoms with Gasteiger partial charge in [-0.15, -0.1) is 0 Å². The van der Waals surface area contributed by atoms with Gasteiger partial charge in [0.25, 0.3) is 0 Å². The Balaban J connectivity index is 1.73. The van der Waals surface area contributed by atoms with Gasteiger partial charge in [-0.25, -0.2) is 9.59 Å². The molecular weight excluding hydrogens is 310 g/mol. The van der Waals surface area contributed by atoms with Crippen LogP contribution in [0.5, 0.6) is 0 Å². The molecule has 1 aliphatic rings. The van der Waals surface area contributed by atoms with E-state index in [-0.39, 0.29) is 24.9 Å². The van der Waals surface area contributed by atoms with Crippen LogP contribution in [-0.4, -0.2) is 36.4 Å². The quantitative estimate of drug-likeness (QED) is 0.838. The van der Waals surface area contributed by atoms with E-state index in [2.05, 4.69) is 5.32 Å². The Bertz CT molecular complexity index is 538. The normalized spacial score (nSPS) is 24.7. The Labute approximate surface area is 142 Å². The smallest absolute Gasteiger partial charge is 0.408 e. The van der Waals surface area contributed by atoms with Gasteiger partial charge >= 0.3 is 12.1 Å². The molecule has 1 unspecified atom stereocenters. The van der Waals surface area contributed by atoms with Crippen molar-refractivity contribution in [1.82, 2.24) is 5.32 Å². The van der Waals surface area contributed by atoms with E-state index in [1.807, 2.05) is 44.2 Å². The van der Waals surface area contributed by atoms with E-state index in [1.165, 1.54) is 0 Å². The molecule has 1 fully saturated rings. The molecule has 0 radical (unpaired) electrons. The maximum Gasteiger partial charge on any atom is 0.408 e. The highest BCUT2D eigenvalue weighted by molar-refractivity contribution is 5.81. The third-order valence-corrected chi connectivity index (χ3v) is 3.84. The lowest BCUT2D eigenvalue weighted by atomic mass is 10.0. The summed E-state index contributed by atoms with van der Waals surface area (Å²) in [5.74, 6) is -0.460. The summed E-state index contributed by atoms with van der Waals surface area (Å²) in [4.78, 5) is 23.9. The van der Waals surface area contributed by atoms with E-state index < -0.39 is 18.1 Å². The second-order valence-electron chi connectivity index (χ2n) is 6.22. The minimum absolute atomic E-state index is 0.0608. The standard InChI is InChI=1S/C18H25NO5/c1-12-9-16(10-13(2)23-12)24-17(20)14(3)19-18(21)22-11-15-7-5-4-6-8-15/h4-8,12-14,16H,9-11H2,1-3H3,(H,19,21)/t12-,13+,14-,16?/m0/s1. The summed E-state index contributed by atoms with van der Waals surface area (Å²) in [6, 6.07) is 8.58. The van der Waals surface area contributed by atoms with E-state index in [1.54, 1.807) is 6.92 Å². The Hall–Kier alpha value is -2.08. The van der Waals surface area contributed by atoms with Gasteiger partial charge in [0.15, 0.2) is 0 Å². The summed E-state index contributed by atoms with van der Waals surface area (Å²) in [7, 11) is 0. The zero-order valence-electron chi connectivity index (χ0n) is 14.4. The number of carbonyl (C=O) groups excluding carboxylic acids is 2. The molecule has 0 saturated carbocycles. The van der Waals surface area contributed by atoms with Crippen LogP contribution in [0.25, 0.3) is 0 Å². The summed E-state index contributed by atoms with van der Waals surface area (Å²) >= 11 is 0. The molecule has 132 valence electrons. The second kappa shape index (κ2) is 8.68. The lowest BCUT2D eigenvalue weighted by Crippen LogP contribution is -2.43. The largest absolute Gasteiger partial charge is 0.461 e. The monoisotopic (exact) mass is 335 g/mol. The number of esters is 1. The number of ether oxygens (including phenoxy) is 3. The van der Waals surface area contributed by atoms with Gasteiger partial charge in [-0.2, -0.15) is 0 Å². The van der Waals surface area contributed by atoms with Crippen molar-refractivity contribution in [2.24, 2.45) is 0 Å². The minimum atomic E-state index is -0.762. The predicted molar refractivity (Wildman–Crippen MR) is 88.3 cm³/mol. The third-order valence-electron chi connectivity index (χ3n) is 3.84. The number of alkyl carbamates (subject to hydrolysis) is 1. The number of hydrogen-bond donors (Lipinski definition) is 1. The molecule has 6 nitrogen and oxygen atoms in total. The zero-order valence-corrected chi connectivity index (χ0v) is 14.4. The number of benzene rings is 1. The lowest BCUT2D eigenvalue weighted by Gasteiger charge is -2.32. The summed E-state index contributed by atoms with van der Waals surface area (Å²) in [5.41, 5.74) is 0.882. The fourth-order valence-corrected chi connectivity index (χ4v) is 2.71. The number of nitrogens with one attached hydrogen (secondary N) is 1. The molecule has 1 amide bonds. The van der Waals surface area contributed by atoms with Gasteiger partial charge in [-0.05, 0) is 26.3 Å². The first-order chi connectivity index (χ1) is 11.4. The second-order valence-corrected chi connectivity index (χ2v) is 6.22. The third kappa shape index (κ3) is 5.85. The topological polar surface area (TPSA) is 73.9 Å². The van der Waals surface area contributed by atoms with Gasteiger partial charge in [0, 0.05) is 12.8 Å². The summed E-state index contributed by atoms with van der Waals surface area (Å²) < 4.78 is 16.2. The summed E-state index contributed by atoms with van der Waals surface area (Å²) in [5, 5.41) is 2.49. The molecule has 0 bridgehead atoms. The van der Waals surface area contributed by atoms with Gasteiger partial charge in [-0.3, -0.25) is 0 Å². The molecule has 1 saturated heterocycles. The average molecular weight is 335 g/mol. The summed E-state index contributed by atoms with van der Waals surface area (Å²) in [6.45, 7) is 5.65. The van der Waals surface area contributed by atoms with Crippen molar-refractivity contribution in [3.63, 3.8) is 0 Å². The molecule has 1 heterocycles. The molecule has 6 heteroatoms. The molecule has 0 spiro atoms. The van der Waals surface area contributed by atoms with Gasteiger partial charge in [-0.1, -0.05) is 30.3 Å². The van der Waals surface area contributed by atoms with Crippen LogP contribution < -0.4 is 5.32 Å².